The monoisotopic (exact) mass is 296 g/mol. The van der Waals surface area contributed by atoms with E-state index in [2.05, 4.69) is 14.9 Å². The average molecular weight is 296 g/mol. The van der Waals surface area contributed by atoms with Gasteiger partial charge in [0.25, 0.3) is 5.89 Å². The molecule has 0 bridgehead atoms. The zero-order valence-electron chi connectivity index (χ0n) is 10.1. The quantitative estimate of drug-likeness (QED) is 0.878. The molecule has 2 rings (SSSR count). The lowest BCUT2D eigenvalue weighted by Gasteiger charge is -2.06. The van der Waals surface area contributed by atoms with Crippen LogP contribution in [0, 0.1) is 0 Å². The molecule has 2 atom stereocenters. The van der Waals surface area contributed by atoms with E-state index < -0.39 is 37.6 Å². The summed E-state index contributed by atoms with van der Waals surface area (Å²) >= 11 is 0. The Morgan fingerprint density at radius 2 is 2.20 bits per heavy atom. The first kappa shape index (κ1) is 14.7. The molecule has 20 heavy (non-hydrogen) atoms. The first-order valence-corrected chi connectivity index (χ1v) is 5.70. The SMILES string of the molecule is O=C(O)C1CCC(c2nc(COCC(F)(F)F)no2)O1. The third-order valence-electron chi connectivity index (χ3n) is 2.55. The second-order valence-corrected chi connectivity index (χ2v) is 4.19. The van der Waals surface area contributed by atoms with E-state index in [4.69, 9.17) is 14.4 Å². The summed E-state index contributed by atoms with van der Waals surface area (Å²) in [6.07, 6.45) is -5.31. The normalized spacial score (nSPS) is 23.1. The van der Waals surface area contributed by atoms with Crippen molar-refractivity contribution in [2.75, 3.05) is 6.61 Å². The van der Waals surface area contributed by atoms with Gasteiger partial charge in [-0.2, -0.15) is 18.2 Å². The lowest BCUT2D eigenvalue weighted by molar-refractivity contribution is -0.177. The molecular weight excluding hydrogens is 285 g/mol. The van der Waals surface area contributed by atoms with Crippen molar-refractivity contribution in [3.8, 4) is 0 Å². The van der Waals surface area contributed by atoms with E-state index in [0.717, 1.165) is 0 Å². The molecule has 0 aliphatic carbocycles. The number of hydrogen-bond acceptors (Lipinski definition) is 6. The van der Waals surface area contributed by atoms with Gasteiger partial charge >= 0.3 is 12.1 Å². The Morgan fingerprint density at radius 3 is 2.80 bits per heavy atom. The minimum atomic E-state index is -4.42. The van der Waals surface area contributed by atoms with Crippen molar-refractivity contribution in [3.05, 3.63) is 11.7 Å². The molecule has 1 aromatic rings. The van der Waals surface area contributed by atoms with Gasteiger partial charge in [-0.15, -0.1) is 0 Å². The molecule has 1 N–H and O–H groups in total. The number of carboxylic acid groups (broad SMARTS) is 1. The van der Waals surface area contributed by atoms with Crippen LogP contribution in [-0.2, 0) is 20.9 Å². The lowest BCUT2D eigenvalue weighted by atomic mass is 10.2. The molecule has 2 heterocycles. The highest BCUT2D eigenvalue weighted by Gasteiger charge is 2.34. The number of halogens is 3. The van der Waals surface area contributed by atoms with Gasteiger partial charge in [-0.25, -0.2) is 4.79 Å². The fourth-order valence-electron chi connectivity index (χ4n) is 1.72. The molecule has 10 heteroatoms. The topological polar surface area (TPSA) is 94.7 Å². The predicted octanol–water partition coefficient (Wildman–Crippen LogP) is 1.45. The van der Waals surface area contributed by atoms with Gasteiger partial charge in [-0.05, 0) is 12.8 Å². The summed E-state index contributed by atoms with van der Waals surface area (Å²) in [5, 5.41) is 12.2. The third kappa shape index (κ3) is 3.90. The van der Waals surface area contributed by atoms with Crippen LogP contribution in [0.4, 0.5) is 13.2 Å². The highest BCUT2D eigenvalue weighted by Crippen LogP contribution is 2.31. The first-order valence-electron chi connectivity index (χ1n) is 5.70. The average Bonchev–Trinajstić information content (AvgIpc) is 2.94. The Labute approximate surface area is 110 Å². The van der Waals surface area contributed by atoms with Gasteiger partial charge in [0.15, 0.2) is 11.9 Å². The van der Waals surface area contributed by atoms with Gasteiger partial charge in [-0.1, -0.05) is 5.16 Å². The Bertz CT molecular complexity index is 476. The zero-order valence-corrected chi connectivity index (χ0v) is 10.1. The van der Waals surface area contributed by atoms with Crippen LogP contribution in [0.3, 0.4) is 0 Å². The number of rotatable bonds is 5. The van der Waals surface area contributed by atoms with Crippen LogP contribution in [0.5, 0.6) is 0 Å². The molecule has 2 unspecified atom stereocenters. The van der Waals surface area contributed by atoms with Gasteiger partial charge in [-0.3, -0.25) is 0 Å². The third-order valence-corrected chi connectivity index (χ3v) is 2.55. The molecule has 1 saturated heterocycles. The van der Waals surface area contributed by atoms with Crippen LogP contribution < -0.4 is 0 Å². The smallest absolute Gasteiger partial charge is 0.411 e. The number of alkyl halides is 3. The molecule has 0 spiro atoms. The van der Waals surface area contributed by atoms with Crippen LogP contribution >= 0.6 is 0 Å². The summed E-state index contributed by atoms with van der Waals surface area (Å²) < 4.78 is 49.9. The highest BCUT2D eigenvalue weighted by molar-refractivity contribution is 5.72. The first-order chi connectivity index (χ1) is 9.35. The van der Waals surface area contributed by atoms with E-state index in [1.165, 1.54) is 0 Å². The van der Waals surface area contributed by atoms with Crippen molar-refractivity contribution in [1.82, 2.24) is 10.1 Å². The standard InChI is InChI=1S/C10H11F3N2O5/c11-10(12,13)4-18-3-7-14-8(20-15-7)5-1-2-6(19-5)9(16)17/h5-6H,1-4H2,(H,16,17). The Kier molecular flexibility index (Phi) is 4.23. The van der Waals surface area contributed by atoms with Crippen LogP contribution in [0.15, 0.2) is 4.52 Å². The van der Waals surface area contributed by atoms with Crippen molar-refractivity contribution in [2.45, 2.75) is 37.8 Å². The van der Waals surface area contributed by atoms with Gasteiger partial charge in [0, 0.05) is 0 Å². The number of aliphatic carboxylic acids is 1. The van der Waals surface area contributed by atoms with E-state index in [1.807, 2.05) is 0 Å². The molecule has 0 amide bonds. The van der Waals surface area contributed by atoms with E-state index in [-0.39, 0.29) is 11.7 Å². The van der Waals surface area contributed by atoms with Crippen LogP contribution in [0.25, 0.3) is 0 Å². The van der Waals surface area contributed by atoms with Crippen molar-refractivity contribution in [3.63, 3.8) is 0 Å². The largest absolute Gasteiger partial charge is 0.479 e. The molecule has 7 nitrogen and oxygen atoms in total. The Hall–Kier alpha value is -1.68. The molecule has 0 radical (unpaired) electrons. The maximum absolute atomic E-state index is 11.9. The molecular formula is C10H11F3N2O5. The summed E-state index contributed by atoms with van der Waals surface area (Å²) in [5.74, 6) is -1.09. The molecule has 1 aromatic heterocycles. The number of nitrogens with zero attached hydrogens (tertiary/aromatic N) is 2. The minimum Gasteiger partial charge on any atom is -0.479 e. The zero-order chi connectivity index (χ0) is 14.8. The number of hydrogen-bond donors (Lipinski definition) is 1. The second kappa shape index (κ2) is 5.75. The maximum atomic E-state index is 11.9. The van der Waals surface area contributed by atoms with E-state index in [0.29, 0.717) is 12.8 Å². The minimum absolute atomic E-state index is 0.0411. The molecule has 1 fully saturated rings. The second-order valence-electron chi connectivity index (χ2n) is 4.19. The number of carboxylic acids is 1. The van der Waals surface area contributed by atoms with Crippen molar-refractivity contribution < 1.29 is 37.1 Å². The molecule has 0 saturated carbocycles. The van der Waals surface area contributed by atoms with E-state index in [9.17, 15) is 18.0 Å². The Morgan fingerprint density at radius 1 is 1.45 bits per heavy atom. The Balaban J connectivity index is 1.85. The van der Waals surface area contributed by atoms with Gasteiger partial charge in [0.2, 0.25) is 0 Å². The maximum Gasteiger partial charge on any atom is 0.411 e. The van der Waals surface area contributed by atoms with E-state index in [1.54, 1.807) is 0 Å². The summed E-state index contributed by atoms with van der Waals surface area (Å²) in [6.45, 7) is -1.85. The fourth-order valence-corrected chi connectivity index (χ4v) is 1.72. The fraction of sp³-hybridized carbons (Fsp3) is 0.700. The van der Waals surface area contributed by atoms with Gasteiger partial charge < -0.3 is 19.1 Å². The molecule has 1 aliphatic heterocycles. The summed E-state index contributed by atoms with van der Waals surface area (Å²) in [5.41, 5.74) is 0. The summed E-state index contributed by atoms with van der Waals surface area (Å²) in [4.78, 5) is 14.5. The van der Waals surface area contributed by atoms with Crippen LogP contribution in [0.2, 0.25) is 0 Å². The molecule has 1 aliphatic rings. The lowest BCUT2D eigenvalue weighted by Crippen LogP contribution is -2.18. The predicted molar refractivity (Wildman–Crippen MR) is 54.5 cm³/mol. The van der Waals surface area contributed by atoms with Crippen molar-refractivity contribution >= 4 is 5.97 Å². The number of ether oxygens (including phenoxy) is 2. The van der Waals surface area contributed by atoms with Crippen molar-refractivity contribution in [1.29, 1.82) is 0 Å². The summed E-state index contributed by atoms with van der Waals surface area (Å²) in [7, 11) is 0. The van der Waals surface area contributed by atoms with Crippen LogP contribution in [-0.4, -0.2) is 40.1 Å². The van der Waals surface area contributed by atoms with Crippen LogP contribution in [0.1, 0.15) is 30.7 Å². The molecule has 0 aromatic carbocycles. The van der Waals surface area contributed by atoms with E-state index >= 15 is 0 Å². The number of aromatic nitrogens is 2. The molecule has 112 valence electrons. The highest BCUT2D eigenvalue weighted by atomic mass is 19.4. The summed E-state index contributed by atoms with van der Waals surface area (Å²) in [6, 6.07) is 0. The van der Waals surface area contributed by atoms with Gasteiger partial charge in [0.05, 0.1) is 0 Å². The van der Waals surface area contributed by atoms with Gasteiger partial charge in [0.1, 0.15) is 19.3 Å². The van der Waals surface area contributed by atoms with Crippen molar-refractivity contribution in [2.24, 2.45) is 0 Å². The number of carbonyl (C=O) groups is 1.